The van der Waals surface area contributed by atoms with E-state index in [0.29, 0.717) is 3.57 Å². The lowest BCUT2D eigenvalue weighted by Crippen LogP contribution is -2.48. The van der Waals surface area contributed by atoms with Crippen LogP contribution in [0.25, 0.3) is 0 Å². The SMILES string of the molecule is O=C(NC1(C(F)(F)F)CC1)c1cc([N+](=O)[O-])ccc1I. The van der Waals surface area contributed by atoms with Crippen molar-refractivity contribution >= 4 is 34.2 Å². The second kappa shape index (κ2) is 4.86. The fraction of sp³-hybridized carbons (Fsp3) is 0.364. The Morgan fingerprint density at radius 1 is 1.40 bits per heavy atom. The van der Waals surface area contributed by atoms with Gasteiger partial charge in [-0.15, -0.1) is 0 Å². The third-order valence-corrected chi connectivity index (χ3v) is 3.99. The third kappa shape index (κ3) is 2.72. The number of hydrogen-bond donors (Lipinski definition) is 1. The Hall–Kier alpha value is -1.39. The largest absolute Gasteiger partial charge is 0.411 e. The van der Waals surface area contributed by atoms with Gasteiger partial charge in [0, 0.05) is 15.7 Å². The van der Waals surface area contributed by atoms with Gasteiger partial charge in [0.15, 0.2) is 0 Å². The van der Waals surface area contributed by atoms with Crippen LogP contribution in [0.2, 0.25) is 0 Å². The van der Waals surface area contributed by atoms with Crippen molar-refractivity contribution in [2.45, 2.75) is 24.6 Å². The number of nitro benzene ring substituents is 1. The van der Waals surface area contributed by atoms with Gasteiger partial charge in [0.1, 0.15) is 5.54 Å². The number of nitrogens with one attached hydrogen (secondary N) is 1. The zero-order valence-electron chi connectivity index (χ0n) is 9.83. The van der Waals surface area contributed by atoms with E-state index in [1.54, 1.807) is 22.6 Å². The Morgan fingerprint density at radius 2 is 2.00 bits per heavy atom. The zero-order chi connectivity index (χ0) is 15.1. The van der Waals surface area contributed by atoms with Gasteiger partial charge in [-0.05, 0) is 41.5 Å². The highest BCUT2D eigenvalue weighted by Gasteiger charge is 2.64. The molecule has 1 N–H and O–H groups in total. The number of hydrogen-bond acceptors (Lipinski definition) is 3. The molecule has 0 aliphatic heterocycles. The van der Waals surface area contributed by atoms with Gasteiger partial charge < -0.3 is 5.32 Å². The molecule has 0 spiro atoms. The molecule has 0 heterocycles. The van der Waals surface area contributed by atoms with Crippen molar-refractivity contribution in [1.82, 2.24) is 5.32 Å². The van der Waals surface area contributed by atoms with Gasteiger partial charge >= 0.3 is 6.18 Å². The Balaban J connectivity index is 2.26. The summed E-state index contributed by atoms with van der Waals surface area (Å²) in [7, 11) is 0. The first kappa shape index (κ1) is 15.0. The Kier molecular flexibility index (Phi) is 3.65. The molecule has 1 saturated carbocycles. The van der Waals surface area contributed by atoms with Crippen LogP contribution >= 0.6 is 22.6 Å². The van der Waals surface area contributed by atoms with Crippen molar-refractivity contribution in [3.05, 3.63) is 37.4 Å². The van der Waals surface area contributed by atoms with E-state index in [1.807, 2.05) is 5.32 Å². The lowest BCUT2D eigenvalue weighted by molar-refractivity contribution is -0.384. The molecule has 2 rings (SSSR count). The van der Waals surface area contributed by atoms with Crippen LogP contribution in [-0.4, -0.2) is 22.5 Å². The summed E-state index contributed by atoms with van der Waals surface area (Å²) in [5.41, 5.74) is -2.65. The molecule has 0 radical (unpaired) electrons. The highest BCUT2D eigenvalue weighted by Crippen LogP contribution is 2.49. The second-order valence-electron chi connectivity index (χ2n) is 4.46. The minimum Gasteiger partial charge on any atom is -0.338 e. The molecule has 0 aromatic heterocycles. The van der Waals surface area contributed by atoms with Crippen LogP contribution in [0.5, 0.6) is 0 Å². The standard InChI is InChI=1S/C11H8F3IN2O3/c12-11(13,14)10(3-4-10)16-9(18)7-5-6(17(19)20)1-2-8(7)15/h1-2,5H,3-4H2,(H,16,18). The molecule has 108 valence electrons. The van der Waals surface area contributed by atoms with Crippen LogP contribution in [0.4, 0.5) is 18.9 Å². The summed E-state index contributed by atoms with van der Waals surface area (Å²) in [5.74, 6) is -0.951. The van der Waals surface area contributed by atoms with Crippen molar-refractivity contribution in [3.63, 3.8) is 0 Å². The zero-order valence-corrected chi connectivity index (χ0v) is 12.0. The Bertz CT molecular complexity index is 585. The molecule has 9 heteroatoms. The van der Waals surface area contributed by atoms with E-state index in [4.69, 9.17) is 0 Å². The van der Waals surface area contributed by atoms with E-state index in [9.17, 15) is 28.1 Å². The molecule has 1 aliphatic rings. The van der Waals surface area contributed by atoms with Crippen LogP contribution in [0.15, 0.2) is 18.2 Å². The molecule has 5 nitrogen and oxygen atoms in total. The molecule has 0 unspecified atom stereocenters. The predicted molar refractivity (Wildman–Crippen MR) is 71.3 cm³/mol. The Labute approximate surface area is 124 Å². The number of amides is 1. The van der Waals surface area contributed by atoms with E-state index in [2.05, 4.69) is 0 Å². The summed E-state index contributed by atoms with van der Waals surface area (Å²) in [6.07, 6.45) is -4.86. The fourth-order valence-corrected chi connectivity index (χ4v) is 2.27. The van der Waals surface area contributed by atoms with E-state index in [0.717, 1.165) is 6.07 Å². The molecule has 1 fully saturated rings. The second-order valence-corrected chi connectivity index (χ2v) is 5.62. The minimum atomic E-state index is -4.52. The number of halogens is 4. The van der Waals surface area contributed by atoms with Crippen LogP contribution < -0.4 is 5.32 Å². The summed E-state index contributed by atoms with van der Waals surface area (Å²) in [4.78, 5) is 21.8. The van der Waals surface area contributed by atoms with Crippen LogP contribution in [-0.2, 0) is 0 Å². The van der Waals surface area contributed by atoms with E-state index in [-0.39, 0.29) is 24.1 Å². The van der Waals surface area contributed by atoms with Crippen LogP contribution in [0.3, 0.4) is 0 Å². The fourth-order valence-electron chi connectivity index (χ4n) is 1.69. The van der Waals surface area contributed by atoms with Gasteiger partial charge in [-0.1, -0.05) is 0 Å². The van der Waals surface area contributed by atoms with Gasteiger partial charge in [-0.25, -0.2) is 0 Å². The van der Waals surface area contributed by atoms with E-state index >= 15 is 0 Å². The third-order valence-electron chi connectivity index (χ3n) is 3.05. The van der Waals surface area contributed by atoms with Crippen molar-refractivity contribution in [1.29, 1.82) is 0 Å². The first-order valence-corrected chi connectivity index (χ1v) is 6.57. The van der Waals surface area contributed by atoms with E-state index in [1.165, 1.54) is 12.1 Å². The predicted octanol–water partition coefficient (Wildman–Crippen LogP) is 3.02. The number of rotatable bonds is 3. The van der Waals surface area contributed by atoms with Crippen LogP contribution in [0, 0.1) is 13.7 Å². The van der Waals surface area contributed by atoms with Crippen molar-refractivity contribution < 1.29 is 22.9 Å². The first-order chi connectivity index (χ1) is 9.16. The summed E-state index contributed by atoms with van der Waals surface area (Å²) in [6, 6.07) is 3.49. The number of non-ortho nitro benzene ring substituents is 1. The molecule has 0 atom stereocenters. The number of nitro groups is 1. The molecule has 1 aromatic carbocycles. The summed E-state index contributed by atoms with van der Waals surface area (Å²) >= 11 is 1.74. The topological polar surface area (TPSA) is 72.2 Å². The molecule has 20 heavy (non-hydrogen) atoms. The van der Waals surface area contributed by atoms with Gasteiger partial charge in [0.25, 0.3) is 11.6 Å². The van der Waals surface area contributed by atoms with Gasteiger partial charge in [-0.2, -0.15) is 13.2 Å². The first-order valence-electron chi connectivity index (χ1n) is 5.49. The average Bonchev–Trinajstić information content (AvgIpc) is 3.09. The maximum Gasteiger partial charge on any atom is 0.411 e. The van der Waals surface area contributed by atoms with Gasteiger partial charge in [-0.3, -0.25) is 14.9 Å². The molecule has 1 aromatic rings. The van der Waals surface area contributed by atoms with Gasteiger partial charge in [0.2, 0.25) is 0 Å². The van der Waals surface area contributed by atoms with Gasteiger partial charge in [0.05, 0.1) is 10.5 Å². The maximum atomic E-state index is 12.8. The summed E-state index contributed by atoms with van der Waals surface area (Å²) in [6.45, 7) is 0. The maximum absolute atomic E-state index is 12.8. The number of benzene rings is 1. The lowest BCUT2D eigenvalue weighted by Gasteiger charge is -2.20. The normalized spacial score (nSPS) is 16.6. The number of carbonyl (C=O) groups excluding carboxylic acids is 1. The average molecular weight is 400 g/mol. The Morgan fingerprint density at radius 3 is 2.45 bits per heavy atom. The minimum absolute atomic E-state index is 0.129. The van der Waals surface area contributed by atoms with Crippen molar-refractivity contribution in [2.75, 3.05) is 0 Å². The molecule has 0 bridgehead atoms. The molecular formula is C11H8F3IN2O3. The highest BCUT2D eigenvalue weighted by molar-refractivity contribution is 14.1. The summed E-state index contributed by atoms with van der Waals surface area (Å²) in [5, 5.41) is 12.6. The quantitative estimate of drug-likeness (QED) is 0.482. The van der Waals surface area contributed by atoms with E-state index < -0.39 is 22.5 Å². The smallest absolute Gasteiger partial charge is 0.338 e. The number of carbonyl (C=O) groups is 1. The molecule has 1 amide bonds. The molecule has 0 saturated heterocycles. The number of nitrogens with zero attached hydrogens (tertiary/aromatic N) is 1. The van der Waals surface area contributed by atoms with Crippen LogP contribution in [0.1, 0.15) is 23.2 Å². The van der Waals surface area contributed by atoms with Crippen molar-refractivity contribution in [2.24, 2.45) is 0 Å². The molecule has 1 aliphatic carbocycles. The highest BCUT2D eigenvalue weighted by atomic mass is 127. The molecular weight excluding hydrogens is 392 g/mol. The lowest BCUT2D eigenvalue weighted by atomic mass is 10.1. The number of alkyl halides is 3. The summed E-state index contributed by atoms with van der Waals surface area (Å²) < 4.78 is 38.6. The van der Waals surface area contributed by atoms with Crippen molar-refractivity contribution in [3.8, 4) is 0 Å². The monoisotopic (exact) mass is 400 g/mol.